The maximum Gasteiger partial charge on any atom is 0.326 e. The fourth-order valence-electron chi connectivity index (χ4n) is 3.33. The van der Waals surface area contributed by atoms with Crippen molar-refractivity contribution in [1.82, 2.24) is 15.5 Å². The Morgan fingerprint density at radius 3 is 2.35 bits per heavy atom. The summed E-state index contributed by atoms with van der Waals surface area (Å²) < 4.78 is 0. The van der Waals surface area contributed by atoms with Gasteiger partial charge in [-0.3, -0.25) is 19.2 Å². The highest BCUT2D eigenvalue weighted by atomic mass is 32.1. The van der Waals surface area contributed by atoms with E-state index in [0.717, 1.165) is 0 Å². The quantitative estimate of drug-likeness (QED) is 0.194. The van der Waals surface area contributed by atoms with Crippen LogP contribution < -0.4 is 22.1 Å². The molecule has 1 aliphatic heterocycles. The summed E-state index contributed by atoms with van der Waals surface area (Å²) >= 11 is 4.14. The van der Waals surface area contributed by atoms with Crippen LogP contribution in [0.3, 0.4) is 0 Å². The molecule has 5 unspecified atom stereocenters. The molecular weight excluding hydrogens is 426 g/mol. The Kier molecular flexibility index (Phi) is 10.8. The van der Waals surface area contributed by atoms with Crippen molar-refractivity contribution in [1.29, 1.82) is 0 Å². The third-order valence-electron chi connectivity index (χ3n) is 5.45. The van der Waals surface area contributed by atoms with E-state index in [1.165, 1.54) is 4.90 Å². The molecule has 1 fully saturated rings. The van der Waals surface area contributed by atoms with Gasteiger partial charge in [0.15, 0.2) is 0 Å². The fraction of sp³-hybridized carbons (Fsp3) is 0.737. The number of nitrogens with one attached hydrogen (secondary N) is 2. The number of thiol groups is 1. The monoisotopic (exact) mass is 459 g/mol. The molecule has 0 aliphatic carbocycles. The van der Waals surface area contributed by atoms with Gasteiger partial charge >= 0.3 is 5.97 Å². The molecule has 1 heterocycles. The molecule has 31 heavy (non-hydrogen) atoms. The van der Waals surface area contributed by atoms with Crippen molar-refractivity contribution in [3.8, 4) is 0 Å². The molecule has 5 atom stereocenters. The second kappa shape index (κ2) is 12.5. The minimum Gasteiger partial charge on any atom is -0.480 e. The van der Waals surface area contributed by atoms with Crippen LogP contribution in [-0.2, 0) is 24.0 Å². The Morgan fingerprint density at radius 2 is 1.84 bits per heavy atom. The molecule has 1 aliphatic rings. The van der Waals surface area contributed by atoms with Crippen molar-refractivity contribution in [3.05, 3.63) is 0 Å². The van der Waals surface area contributed by atoms with Crippen LogP contribution in [0.25, 0.3) is 0 Å². The van der Waals surface area contributed by atoms with Gasteiger partial charge in [-0.25, -0.2) is 4.79 Å². The molecule has 0 aromatic rings. The van der Waals surface area contributed by atoms with Crippen LogP contribution in [0.2, 0.25) is 0 Å². The molecule has 0 aromatic carbocycles. The maximum absolute atomic E-state index is 12.9. The van der Waals surface area contributed by atoms with Gasteiger partial charge in [0.25, 0.3) is 0 Å². The average molecular weight is 460 g/mol. The van der Waals surface area contributed by atoms with Crippen molar-refractivity contribution in [3.63, 3.8) is 0 Å². The van der Waals surface area contributed by atoms with Crippen molar-refractivity contribution in [2.24, 2.45) is 17.4 Å². The highest BCUT2D eigenvalue weighted by Gasteiger charge is 2.38. The molecule has 4 amide bonds. The molecule has 12 heteroatoms. The fourth-order valence-corrected chi connectivity index (χ4v) is 3.57. The first-order chi connectivity index (χ1) is 14.5. The summed E-state index contributed by atoms with van der Waals surface area (Å²) in [6, 6.07) is -3.96. The van der Waals surface area contributed by atoms with Gasteiger partial charge in [0.05, 0.1) is 6.04 Å². The molecule has 0 radical (unpaired) electrons. The van der Waals surface area contributed by atoms with Gasteiger partial charge < -0.3 is 32.1 Å². The Hall–Kier alpha value is -2.34. The first-order valence-corrected chi connectivity index (χ1v) is 10.9. The number of primary amides is 1. The number of aliphatic carboxylic acids is 1. The number of amides is 4. The number of nitrogens with zero attached hydrogens (tertiary/aromatic N) is 1. The zero-order chi connectivity index (χ0) is 23.7. The van der Waals surface area contributed by atoms with Gasteiger partial charge in [0.1, 0.15) is 18.1 Å². The van der Waals surface area contributed by atoms with E-state index in [9.17, 15) is 29.1 Å². The maximum atomic E-state index is 12.9. The van der Waals surface area contributed by atoms with E-state index in [0.29, 0.717) is 19.3 Å². The summed E-state index contributed by atoms with van der Waals surface area (Å²) in [6.07, 6.45) is 1.44. The lowest BCUT2D eigenvalue weighted by Gasteiger charge is -2.29. The van der Waals surface area contributed by atoms with Crippen molar-refractivity contribution in [2.75, 3.05) is 12.3 Å². The molecule has 0 spiro atoms. The molecule has 176 valence electrons. The number of carboxylic acids is 1. The minimum absolute atomic E-state index is 0.0350. The van der Waals surface area contributed by atoms with Gasteiger partial charge in [0, 0.05) is 18.7 Å². The zero-order valence-electron chi connectivity index (χ0n) is 17.9. The summed E-state index contributed by atoms with van der Waals surface area (Å²) in [4.78, 5) is 61.6. The van der Waals surface area contributed by atoms with Gasteiger partial charge in [-0.1, -0.05) is 20.3 Å². The molecule has 0 saturated carbocycles. The highest BCUT2D eigenvalue weighted by molar-refractivity contribution is 7.80. The molecule has 7 N–H and O–H groups in total. The van der Waals surface area contributed by atoms with Crippen LogP contribution in [0, 0.1) is 5.92 Å². The third-order valence-corrected chi connectivity index (χ3v) is 5.81. The minimum atomic E-state index is -1.09. The van der Waals surface area contributed by atoms with E-state index in [-0.39, 0.29) is 31.1 Å². The molecule has 0 bridgehead atoms. The van der Waals surface area contributed by atoms with Crippen LogP contribution in [0.15, 0.2) is 0 Å². The van der Waals surface area contributed by atoms with E-state index in [1.54, 1.807) is 6.92 Å². The Bertz CT molecular complexity index is 691. The molecule has 11 nitrogen and oxygen atoms in total. The highest BCUT2D eigenvalue weighted by Crippen LogP contribution is 2.19. The van der Waals surface area contributed by atoms with E-state index < -0.39 is 53.8 Å². The van der Waals surface area contributed by atoms with Crippen LogP contribution in [0.1, 0.15) is 46.0 Å². The number of likely N-dealkylation sites (tertiary alicyclic amines) is 1. The average Bonchev–Trinajstić information content (AvgIpc) is 3.22. The SMILES string of the molecule is CCC(C)C(NC(=O)C(N)CCC(N)=O)C(=O)NC(CS)C(=O)N1CCCC1C(=O)O. The van der Waals surface area contributed by atoms with Crippen molar-refractivity contribution in [2.45, 2.75) is 70.1 Å². The van der Waals surface area contributed by atoms with E-state index >= 15 is 0 Å². The Labute approximate surface area is 187 Å². The summed E-state index contributed by atoms with van der Waals surface area (Å²) in [5.41, 5.74) is 10.8. The van der Waals surface area contributed by atoms with E-state index in [1.807, 2.05) is 6.92 Å². The lowest BCUT2D eigenvalue weighted by molar-refractivity contribution is -0.149. The number of hydrogen-bond donors (Lipinski definition) is 6. The lowest BCUT2D eigenvalue weighted by atomic mass is 9.97. The lowest BCUT2D eigenvalue weighted by Crippen LogP contribution is -2.59. The van der Waals surface area contributed by atoms with Crippen molar-refractivity contribution >= 4 is 42.2 Å². The second-order valence-corrected chi connectivity index (χ2v) is 8.12. The zero-order valence-corrected chi connectivity index (χ0v) is 18.8. The van der Waals surface area contributed by atoms with E-state index in [2.05, 4.69) is 23.3 Å². The van der Waals surface area contributed by atoms with Crippen LogP contribution in [0.4, 0.5) is 0 Å². The topological polar surface area (TPSA) is 185 Å². The van der Waals surface area contributed by atoms with Crippen molar-refractivity contribution < 1.29 is 29.1 Å². The van der Waals surface area contributed by atoms with Crippen LogP contribution in [0.5, 0.6) is 0 Å². The normalized spacial score (nSPS) is 19.7. The second-order valence-electron chi connectivity index (χ2n) is 7.75. The largest absolute Gasteiger partial charge is 0.480 e. The molecular formula is C19H33N5O6S. The predicted octanol–water partition coefficient (Wildman–Crippen LogP) is -1.40. The van der Waals surface area contributed by atoms with Gasteiger partial charge in [-0.05, 0) is 25.2 Å². The predicted molar refractivity (Wildman–Crippen MR) is 116 cm³/mol. The van der Waals surface area contributed by atoms with Gasteiger partial charge in [-0.2, -0.15) is 12.6 Å². The summed E-state index contributed by atoms with van der Waals surface area (Å²) in [7, 11) is 0. The smallest absolute Gasteiger partial charge is 0.326 e. The first-order valence-electron chi connectivity index (χ1n) is 10.3. The number of nitrogens with two attached hydrogens (primary N) is 2. The third kappa shape index (κ3) is 7.69. The van der Waals surface area contributed by atoms with Crippen LogP contribution >= 0.6 is 12.6 Å². The number of hydrogen-bond acceptors (Lipinski definition) is 7. The molecule has 0 aromatic heterocycles. The number of carbonyl (C=O) groups is 5. The standard InChI is InChI=1S/C19H33N5O6S/c1-3-10(2)15(23-16(26)11(20)6-7-14(21)25)17(27)22-12(9-31)18(28)24-8-4-5-13(24)19(29)30/h10-13,15,31H,3-9,20H2,1-2H3,(H2,21,25)(H,22,27)(H,23,26)(H,29,30). The molecule has 1 rings (SSSR count). The number of rotatable bonds is 12. The summed E-state index contributed by atoms with van der Waals surface area (Å²) in [5.74, 6) is -3.72. The Morgan fingerprint density at radius 1 is 1.19 bits per heavy atom. The number of carboxylic acid groups (broad SMARTS) is 1. The van der Waals surface area contributed by atoms with Gasteiger partial charge in [0.2, 0.25) is 23.6 Å². The van der Waals surface area contributed by atoms with E-state index in [4.69, 9.17) is 11.5 Å². The number of carbonyl (C=O) groups excluding carboxylic acids is 4. The first kappa shape index (κ1) is 26.7. The molecule has 1 saturated heterocycles. The van der Waals surface area contributed by atoms with Gasteiger partial charge in [-0.15, -0.1) is 0 Å². The summed E-state index contributed by atoms with van der Waals surface area (Å²) in [6.45, 7) is 3.89. The van der Waals surface area contributed by atoms with Crippen LogP contribution in [-0.4, -0.2) is 76.1 Å². The Balaban J connectivity index is 2.87. The summed E-state index contributed by atoms with van der Waals surface area (Å²) in [5, 5.41) is 14.5.